The molecule has 3 aromatic heterocycles. The van der Waals surface area contributed by atoms with Crippen LogP contribution in [0.3, 0.4) is 0 Å². The molecule has 2 atom stereocenters. The Morgan fingerprint density at radius 2 is 2.09 bits per heavy atom. The van der Waals surface area contributed by atoms with Gasteiger partial charge in [-0.2, -0.15) is 13.2 Å². The van der Waals surface area contributed by atoms with Gasteiger partial charge in [-0.15, -0.1) is 11.3 Å². The van der Waals surface area contributed by atoms with Gasteiger partial charge in [0, 0.05) is 47.8 Å². The fourth-order valence-corrected chi connectivity index (χ4v) is 5.57. The molecule has 0 radical (unpaired) electrons. The van der Waals surface area contributed by atoms with Crippen LogP contribution in [0.2, 0.25) is 0 Å². The maximum atomic E-state index is 12.8. The third-order valence-electron chi connectivity index (χ3n) is 6.05. The normalized spacial score (nSPS) is 20.0. The first-order valence-electron chi connectivity index (χ1n) is 10.9. The van der Waals surface area contributed by atoms with Gasteiger partial charge in [0.25, 0.3) is 0 Å². The predicted molar refractivity (Wildman–Crippen MR) is 125 cm³/mol. The lowest BCUT2D eigenvalue weighted by Gasteiger charge is -2.37. The maximum Gasteiger partial charge on any atom is 0.393 e. The topological polar surface area (TPSA) is 82.9 Å². The lowest BCUT2D eigenvalue weighted by molar-refractivity contribution is -0.126. The van der Waals surface area contributed by atoms with Crippen molar-refractivity contribution in [1.82, 2.24) is 19.9 Å². The highest BCUT2D eigenvalue weighted by Gasteiger charge is 2.30. The lowest BCUT2D eigenvalue weighted by Crippen LogP contribution is -2.53. The molecule has 4 N–H and O–H groups in total. The minimum Gasteiger partial charge on any atom is -0.365 e. The number of halogens is 3. The summed E-state index contributed by atoms with van der Waals surface area (Å²) >= 11 is 1.05. The number of benzene rings is 1. The van der Waals surface area contributed by atoms with Crippen molar-refractivity contribution >= 4 is 38.3 Å². The molecular weight excluding hydrogens is 449 g/mol. The van der Waals surface area contributed by atoms with Gasteiger partial charge < -0.3 is 16.0 Å². The van der Waals surface area contributed by atoms with E-state index in [9.17, 15) is 13.2 Å². The summed E-state index contributed by atoms with van der Waals surface area (Å²) in [4.78, 5) is 14.9. The van der Waals surface area contributed by atoms with Crippen molar-refractivity contribution in [3.63, 3.8) is 0 Å². The van der Waals surface area contributed by atoms with Crippen molar-refractivity contribution < 1.29 is 13.2 Å². The highest BCUT2D eigenvalue weighted by Crippen LogP contribution is 2.33. The third kappa shape index (κ3) is 4.97. The monoisotopic (exact) mass is 474 g/mol. The van der Waals surface area contributed by atoms with Crippen LogP contribution in [0, 0.1) is 6.92 Å². The number of alkyl halides is 3. The van der Waals surface area contributed by atoms with Crippen LogP contribution in [0.4, 0.5) is 19.0 Å². The number of fused-ring (bicyclic) bond motifs is 2. The average Bonchev–Trinajstić information content (AvgIpc) is 3.30. The zero-order valence-corrected chi connectivity index (χ0v) is 18.9. The predicted octanol–water partition coefficient (Wildman–Crippen LogP) is 4.60. The number of nitrogens with zero attached hydrogens (tertiary/aromatic N) is 3. The van der Waals surface area contributed by atoms with Gasteiger partial charge in [-0.25, -0.2) is 9.97 Å². The van der Waals surface area contributed by atoms with E-state index in [2.05, 4.69) is 56.4 Å². The average molecular weight is 475 g/mol. The molecule has 1 fully saturated rings. The molecule has 0 aliphatic carbocycles. The maximum absolute atomic E-state index is 12.8. The largest absolute Gasteiger partial charge is 0.393 e. The molecule has 1 aliphatic heterocycles. The Bertz CT molecular complexity index is 1280. The Labute approximate surface area is 193 Å². The van der Waals surface area contributed by atoms with E-state index >= 15 is 0 Å². The fraction of sp³-hybridized carbons (Fsp3) is 0.391. The molecule has 0 saturated carbocycles. The van der Waals surface area contributed by atoms with Crippen molar-refractivity contribution in [2.75, 3.05) is 18.4 Å². The number of nitrogens with one attached hydrogen (secondary N) is 2. The summed E-state index contributed by atoms with van der Waals surface area (Å²) in [5, 5.41) is 5.20. The summed E-state index contributed by atoms with van der Waals surface area (Å²) in [6, 6.07) is 10.0. The van der Waals surface area contributed by atoms with Crippen LogP contribution in [0.1, 0.15) is 22.6 Å². The SMILES string of the molecule is Cc1cc2cc(CN3CCC(Nc4ncnc5sc(CC(F)(F)F)cc45)C(N)C3)ccc2[nH]1. The number of thiophene rings is 1. The zero-order valence-electron chi connectivity index (χ0n) is 18.1. The molecule has 4 aromatic rings. The third-order valence-corrected chi connectivity index (χ3v) is 7.09. The van der Waals surface area contributed by atoms with E-state index in [0.717, 1.165) is 48.6 Å². The molecule has 6 nitrogen and oxygen atoms in total. The van der Waals surface area contributed by atoms with Crippen molar-refractivity contribution in [2.45, 2.75) is 44.6 Å². The molecule has 1 aromatic carbocycles. The van der Waals surface area contributed by atoms with E-state index in [1.54, 1.807) is 0 Å². The van der Waals surface area contributed by atoms with Gasteiger partial charge >= 0.3 is 6.18 Å². The molecule has 0 amide bonds. The van der Waals surface area contributed by atoms with E-state index in [1.807, 2.05) is 0 Å². The molecule has 10 heteroatoms. The van der Waals surface area contributed by atoms with E-state index in [0.29, 0.717) is 16.0 Å². The van der Waals surface area contributed by atoms with Gasteiger partial charge in [-0.3, -0.25) is 4.90 Å². The minimum atomic E-state index is -4.25. The number of aromatic amines is 1. The lowest BCUT2D eigenvalue weighted by atomic mass is 9.99. The van der Waals surface area contributed by atoms with Gasteiger partial charge in [-0.1, -0.05) is 6.07 Å². The number of likely N-dealkylation sites (tertiary alicyclic amines) is 1. The van der Waals surface area contributed by atoms with Crippen molar-refractivity contribution in [3.8, 4) is 0 Å². The summed E-state index contributed by atoms with van der Waals surface area (Å²) in [6.45, 7) is 4.46. The number of piperidine rings is 1. The fourth-order valence-electron chi connectivity index (χ4n) is 4.54. The Morgan fingerprint density at radius 1 is 1.24 bits per heavy atom. The smallest absolute Gasteiger partial charge is 0.365 e. The number of anilines is 1. The van der Waals surface area contributed by atoms with Crippen molar-refractivity contribution in [2.24, 2.45) is 5.73 Å². The Kier molecular flexibility index (Phi) is 5.75. The summed E-state index contributed by atoms with van der Waals surface area (Å²) in [6.07, 6.45) is -3.00. The summed E-state index contributed by atoms with van der Waals surface area (Å²) in [5.74, 6) is 0.548. The molecule has 1 aliphatic rings. The second kappa shape index (κ2) is 8.58. The Morgan fingerprint density at radius 3 is 2.88 bits per heavy atom. The van der Waals surface area contributed by atoms with E-state index in [4.69, 9.17) is 5.73 Å². The molecular formula is C23H25F3N6S. The standard InChI is InChI=1S/C23H25F3N6S/c1-13-6-15-7-14(2-3-19(15)30-13)10-32-5-4-20(18(27)11-32)31-21-17-8-16(9-23(24,25)26)33-22(17)29-12-28-21/h2-3,6-8,12,18,20,30H,4-5,9-11,27H2,1H3,(H,28,29,31). The van der Waals surface area contributed by atoms with Gasteiger partial charge in [0.15, 0.2) is 0 Å². The molecule has 174 valence electrons. The van der Waals surface area contributed by atoms with Crippen LogP contribution in [-0.4, -0.2) is 51.2 Å². The molecule has 2 unspecified atom stereocenters. The molecule has 0 bridgehead atoms. The number of rotatable bonds is 5. The quantitative estimate of drug-likeness (QED) is 0.394. The first-order valence-corrected chi connectivity index (χ1v) is 11.7. The number of nitrogens with two attached hydrogens (primary N) is 1. The van der Waals surface area contributed by atoms with Crippen molar-refractivity contribution in [1.29, 1.82) is 0 Å². The molecule has 4 heterocycles. The van der Waals surface area contributed by atoms with Gasteiger partial charge in [0.05, 0.1) is 11.8 Å². The number of aryl methyl sites for hydroxylation is 1. The number of hydrogen-bond acceptors (Lipinski definition) is 6. The summed E-state index contributed by atoms with van der Waals surface area (Å²) in [5.41, 5.74) is 10.0. The van der Waals surface area contributed by atoms with Crippen LogP contribution in [-0.2, 0) is 13.0 Å². The minimum absolute atomic E-state index is 0.0138. The summed E-state index contributed by atoms with van der Waals surface area (Å²) in [7, 11) is 0. The highest BCUT2D eigenvalue weighted by molar-refractivity contribution is 7.18. The molecule has 5 rings (SSSR count). The van der Waals surface area contributed by atoms with Crippen LogP contribution in [0.5, 0.6) is 0 Å². The van der Waals surface area contributed by atoms with E-state index in [1.165, 1.54) is 23.3 Å². The van der Waals surface area contributed by atoms with E-state index < -0.39 is 12.6 Å². The Balaban J connectivity index is 1.25. The van der Waals surface area contributed by atoms with Gasteiger partial charge in [0.2, 0.25) is 0 Å². The summed E-state index contributed by atoms with van der Waals surface area (Å²) < 4.78 is 38.4. The second-order valence-electron chi connectivity index (χ2n) is 8.76. The van der Waals surface area contributed by atoms with Crippen LogP contribution < -0.4 is 11.1 Å². The van der Waals surface area contributed by atoms with Crippen LogP contribution in [0.25, 0.3) is 21.1 Å². The number of hydrogen-bond donors (Lipinski definition) is 3. The first kappa shape index (κ1) is 22.1. The number of H-pyrrole nitrogens is 1. The van der Waals surface area contributed by atoms with Crippen LogP contribution in [0.15, 0.2) is 36.7 Å². The van der Waals surface area contributed by atoms with Crippen molar-refractivity contribution in [3.05, 3.63) is 52.8 Å². The van der Waals surface area contributed by atoms with Gasteiger partial charge in [-0.05, 0) is 48.6 Å². The molecule has 0 spiro atoms. The zero-order chi connectivity index (χ0) is 23.2. The van der Waals surface area contributed by atoms with Crippen LogP contribution >= 0.6 is 11.3 Å². The molecule has 1 saturated heterocycles. The highest BCUT2D eigenvalue weighted by atomic mass is 32.1. The van der Waals surface area contributed by atoms with Gasteiger partial charge in [0.1, 0.15) is 17.0 Å². The van der Waals surface area contributed by atoms with E-state index in [-0.39, 0.29) is 17.0 Å². The first-order chi connectivity index (χ1) is 15.7. The second-order valence-corrected chi connectivity index (χ2v) is 9.87. The Hall–Kier alpha value is -2.69. The molecule has 33 heavy (non-hydrogen) atoms. The number of aromatic nitrogens is 3.